The number of thiophene rings is 2. The first-order valence-electron chi connectivity index (χ1n) is 13.3. The van der Waals surface area contributed by atoms with Gasteiger partial charge in [-0.3, -0.25) is 9.59 Å². The number of hydrogen-bond donors (Lipinski definition) is 2. The maximum atomic E-state index is 12.2. The van der Waals surface area contributed by atoms with Crippen molar-refractivity contribution in [1.82, 2.24) is 20.6 Å². The third-order valence-electron chi connectivity index (χ3n) is 6.32. The molecule has 0 atom stereocenters. The highest BCUT2D eigenvalue weighted by atomic mass is 35.5. The predicted molar refractivity (Wildman–Crippen MR) is 178 cm³/mol. The minimum Gasteiger partial charge on any atom is -0.497 e. The highest BCUT2D eigenvalue weighted by molar-refractivity contribution is 7.20. The van der Waals surface area contributed by atoms with Crippen LogP contribution in [0.5, 0.6) is 11.5 Å². The van der Waals surface area contributed by atoms with Crippen LogP contribution in [0.1, 0.15) is 30.5 Å². The molecular weight excluding hydrogens is 639 g/mol. The van der Waals surface area contributed by atoms with E-state index in [9.17, 15) is 9.59 Å². The van der Waals surface area contributed by atoms with Gasteiger partial charge >= 0.3 is 0 Å². The number of nitrogens with one attached hydrogen (secondary N) is 2. The Morgan fingerprint density at radius 2 is 1.09 bits per heavy atom. The summed E-state index contributed by atoms with van der Waals surface area (Å²) in [7, 11) is 3.24. The third-order valence-corrected chi connectivity index (χ3v) is 8.83. The summed E-state index contributed by atoms with van der Waals surface area (Å²) in [6.45, 7) is 0.886. The van der Waals surface area contributed by atoms with Crippen LogP contribution in [0.2, 0.25) is 10.3 Å². The van der Waals surface area contributed by atoms with E-state index >= 15 is 0 Å². The molecule has 0 spiro atoms. The minimum atomic E-state index is -0.123. The summed E-state index contributed by atoms with van der Waals surface area (Å²) in [4.78, 5) is 35.6. The molecule has 224 valence electrons. The molecule has 0 saturated heterocycles. The molecule has 4 heterocycles. The number of ether oxygens (including phenoxy) is 2. The molecule has 6 rings (SSSR count). The van der Waals surface area contributed by atoms with Crippen LogP contribution in [0.25, 0.3) is 20.4 Å². The number of aromatic nitrogens is 2. The highest BCUT2D eigenvalue weighted by Crippen LogP contribution is 2.26. The van der Waals surface area contributed by atoms with E-state index in [1.54, 1.807) is 26.4 Å². The lowest BCUT2D eigenvalue weighted by Crippen LogP contribution is -2.21. The van der Waals surface area contributed by atoms with Crippen LogP contribution < -0.4 is 20.1 Å². The fourth-order valence-electron chi connectivity index (χ4n) is 4.12. The number of amides is 2. The molecule has 0 bridgehead atoms. The molecule has 4 aromatic heterocycles. The van der Waals surface area contributed by atoms with Gasteiger partial charge in [-0.2, -0.15) is 0 Å². The second-order valence-corrected chi connectivity index (χ2v) is 12.2. The van der Waals surface area contributed by atoms with Gasteiger partial charge < -0.3 is 20.1 Å². The third kappa shape index (κ3) is 8.03. The van der Waals surface area contributed by atoms with Crippen LogP contribution in [0.4, 0.5) is 0 Å². The number of pyridine rings is 2. The summed E-state index contributed by atoms with van der Waals surface area (Å²) in [6.07, 6.45) is 0. The van der Waals surface area contributed by atoms with Gasteiger partial charge in [-0.25, -0.2) is 9.97 Å². The number of benzene rings is 2. The van der Waals surface area contributed by atoms with Crippen molar-refractivity contribution in [3.63, 3.8) is 0 Å². The van der Waals surface area contributed by atoms with Gasteiger partial charge in [0.1, 0.15) is 31.5 Å². The van der Waals surface area contributed by atoms with E-state index in [4.69, 9.17) is 32.7 Å². The number of fused-ring (bicyclic) bond motifs is 2. The normalized spacial score (nSPS) is 10.6. The fourth-order valence-corrected chi connectivity index (χ4v) is 6.41. The van der Waals surface area contributed by atoms with Gasteiger partial charge in [0.15, 0.2) is 0 Å². The molecule has 2 aromatic carbocycles. The molecule has 0 aliphatic heterocycles. The van der Waals surface area contributed by atoms with Crippen LogP contribution in [0.3, 0.4) is 0 Å². The van der Waals surface area contributed by atoms with Gasteiger partial charge in [-0.15, -0.1) is 22.7 Å². The number of hydrogen-bond acceptors (Lipinski definition) is 8. The Kier molecular flexibility index (Phi) is 10.3. The predicted octanol–water partition coefficient (Wildman–Crippen LogP) is 7.78. The lowest BCUT2D eigenvalue weighted by Gasteiger charge is -2.05. The molecule has 0 radical (unpaired) electrons. The summed E-state index contributed by atoms with van der Waals surface area (Å²) < 4.78 is 10.3. The molecule has 2 amide bonds. The van der Waals surface area contributed by atoms with Crippen molar-refractivity contribution in [1.29, 1.82) is 0 Å². The first kappa shape index (κ1) is 31.2. The van der Waals surface area contributed by atoms with Crippen LogP contribution >= 0.6 is 45.9 Å². The summed E-state index contributed by atoms with van der Waals surface area (Å²) in [5.74, 6) is 1.30. The Labute approximate surface area is 271 Å². The number of methoxy groups -OCH3 is 2. The van der Waals surface area contributed by atoms with Crippen molar-refractivity contribution in [2.45, 2.75) is 13.1 Å². The van der Waals surface area contributed by atoms with Gasteiger partial charge in [0, 0.05) is 23.9 Å². The van der Waals surface area contributed by atoms with Gasteiger partial charge in [0.05, 0.1) is 24.0 Å². The van der Waals surface area contributed by atoms with Crippen LogP contribution in [-0.2, 0) is 13.1 Å². The second-order valence-electron chi connectivity index (χ2n) is 9.35. The summed E-state index contributed by atoms with van der Waals surface area (Å²) in [5, 5.41) is 8.49. The van der Waals surface area contributed by atoms with Crippen molar-refractivity contribution in [2.75, 3.05) is 14.2 Å². The summed E-state index contributed by atoms with van der Waals surface area (Å²) in [6, 6.07) is 26.0. The number of halogens is 2. The van der Waals surface area contributed by atoms with Gasteiger partial charge in [-0.1, -0.05) is 47.5 Å². The monoisotopic (exact) mass is 664 g/mol. The zero-order valence-corrected chi connectivity index (χ0v) is 26.7. The first-order chi connectivity index (χ1) is 21.3. The molecular formula is C32H26Cl2N4O4S2. The first-order valence-corrected chi connectivity index (χ1v) is 15.6. The van der Waals surface area contributed by atoms with Crippen molar-refractivity contribution in [3.8, 4) is 11.5 Å². The van der Waals surface area contributed by atoms with Gasteiger partial charge in [0.2, 0.25) is 0 Å². The highest BCUT2D eigenvalue weighted by Gasteiger charge is 2.12. The van der Waals surface area contributed by atoms with E-state index in [0.29, 0.717) is 33.2 Å². The van der Waals surface area contributed by atoms with Crippen molar-refractivity contribution in [3.05, 3.63) is 116 Å². The lowest BCUT2D eigenvalue weighted by atomic mass is 10.2. The van der Waals surface area contributed by atoms with E-state index in [1.807, 2.05) is 72.8 Å². The van der Waals surface area contributed by atoms with Crippen LogP contribution in [-0.4, -0.2) is 36.0 Å². The lowest BCUT2D eigenvalue weighted by molar-refractivity contribution is 0.0947. The molecule has 2 N–H and O–H groups in total. The van der Waals surface area contributed by atoms with Crippen molar-refractivity contribution in [2.24, 2.45) is 0 Å². The molecule has 44 heavy (non-hydrogen) atoms. The standard InChI is InChI=1S/2C16H13ClN2O2S/c2*1-21-12-4-2-3-10(7-12)9-18-15(20)13-8-11-5-6-14(17)19-16(11)22-13/h2*2-8H,9H2,1H3,(H,18,20). The Morgan fingerprint density at radius 3 is 1.50 bits per heavy atom. The van der Waals surface area contributed by atoms with Crippen molar-refractivity contribution < 1.29 is 19.1 Å². The Morgan fingerprint density at radius 1 is 0.659 bits per heavy atom. The molecule has 0 saturated carbocycles. The summed E-state index contributed by atoms with van der Waals surface area (Å²) >= 11 is 14.4. The number of carbonyl (C=O) groups excluding carboxylic acids is 2. The molecule has 12 heteroatoms. The molecule has 0 aliphatic rings. The SMILES string of the molecule is COc1cccc(CNC(=O)c2cc3ccc(Cl)nc3s2)c1.COc1cccc(CNC(=O)c2cc3ccc(Cl)nc3s2)c1. The molecule has 0 aliphatic carbocycles. The maximum absolute atomic E-state index is 12.2. The van der Waals surface area contributed by atoms with Gasteiger partial charge in [-0.05, 0) is 71.8 Å². The Hall–Kier alpha value is -4.22. The van der Waals surface area contributed by atoms with E-state index in [-0.39, 0.29) is 11.8 Å². The van der Waals surface area contributed by atoms with Gasteiger partial charge in [0.25, 0.3) is 11.8 Å². The number of carbonyl (C=O) groups is 2. The van der Waals surface area contributed by atoms with E-state index < -0.39 is 0 Å². The number of rotatable bonds is 8. The van der Waals surface area contributed by atoms with E-state index in [0.717, 1.165) is 43.1 Å². The van der Waals surface area contributed by atoms with Crippen LogP contribution in [0, 0.1) is 0 Å². The molecule has 0 unspecified atom stereocenters. The Bertz CT molecular complexity index is 1800. The topological polar surface area (TPSA) is 102 Å². The van der Waals surface area contributed by atoms with Crippen LogP contribution in [0.15, 0.2) is 84.9 Å². The quantitative estimate of drug-likeness (QED) is 0.161. The zero-order valence-electron chi connectivity index (χ0n) is 23.6. The average Bonchev–Trinajstić information content (AvgIpc) is 3.67. The fraction of sp³-hybridized carbons (Fsp3) is 0.125. The Balaban J connectivity index is 0.000000175. The molecule has 6 aromatic rings. The minimum absolute atomic E-state index is 0.123. The molecule has 0 fully saturated rings. The largest absolute Gasteiger partial charge is 0.497 e. The number of nitrogens with zero attached hydrogens (tertiary/aromatic N) is 2. The van der Waals surface area contributed by atoms with E-state index in [1.165, 1.54) is 22.7 Å². The average molecular weight is 666 g/mol. The van der Waals surface area contributed by atoms with E-state index in [2.05, 4.69) is 20.6 Å². The second kappa shape index (κ2) is 14.5. The summed E-state index contributed by atoms with van der Waals surface area (Å²) in [5.41, 5.74) is 1.96. The zero-order chi connectivity index (χ0) is 31.1. The smallest absolute Gasteiger partial charge is 0.261 e. The van der Waals surface area contributed by atoms with Crippen molar-refractivity contribution >= 4 is 78.1 Å². The maximum Gasteiger partial charge on any atom is 0.261 e. The molecule has 8 nitrogen and oxygen atoms in total.